The summed E-state index contributed by atoms with van der Waals surface area (Å²) < 4.78 is 14.1. The molecule has 2 aliphatic heterocycles. The molecule has 110 valence electrons. The maximum Gasteiger partial charge on any atom is 0.128 e. The van der Waals surface area contributed by atoms with Crippen LogP contribution in [0.25, 0.3) is 0 Å². The van der Waals surface area contributed by atoms with Crippen LogP contribution in [0.5, 0.6) is 0 Å². The third-order valence-corrected chi connectivity index (χ3v) is 5.27. The molecule has 3 nitrogen and oxygen atoms in total. The van der Waals surface area contributed by atoms with E-state index in [-0.39, 0.29) is 11.9 Å². The van der Waals surface area contributed by atoms with Gasteiger partial charge in [-0.15, -0.1) is 0 Å². The number of nitrogens with zero attached hydrogens (tertiary/aromatic N) is 1. The second-order valence-electron chi connectivity index (χ2n) is 6.45. The quantitative estimate of drug-likeness (QED) is 0.659. The van der Waals surface area contributed by atoms with E-state index in [9.17, 15) is 4.39 Å². The number of fused-ring (bicyclic) bond motifs is 2. The molecule has 3 rings (SSSR count). The van der Waals surface area contributed by atoms with Gasteiger partial charge in [0.25, 0.3) is 0 Å². The summed E-state index contributed by atoms with van der Waals surface area (Å²) in [5.74, 6) is 6.04. The van der Waals surface area contributed by atoms with E-state index >= 15 is 0 Å². The van der Waals surface area contributed by atoms with Gasteiger partial charge in [-0.25, -0.2) is 4.39 Å². The lowest BCUT2D eigenvalue weighted by molar-refractivity contribution is 0.111. The van der Waals surface area contributed by atoms with Crippen LogP contribution in [0.4, 0.5) is 4.39 Å². The zero-order valence-corrected chi connectivity index (χ0v) is 12.3. The molecule has 3 atom stereocenters. The molecule has 20 heavy (non-hydrogen) atoms. The predicted molar refractivity (Wildman–Crippen MR) is 78.5 cm³/mol. The monoisotopic (exact) mass is 277 g/mol. The third kappa shape index (κ3) is 2.36. The Morgan fingerprint density at radius 2 is 1.95 bits per heavy atom. The molecule has 4 heteroatoms. The number of nitrogens with two attached hydrogens (primary N) is 1. The Morgan fingerprint density at radius 1 is 1.30 bits per heavy atom. The van der Waals surface area contributed by atoms with Gasteiger partial charge in [-0.2, -0.15) is 0 Å². The fraction of sp³-hybridized carbons (Fsp3) is 0.625. The predicted octanol–water partition coefficient (Wildman–Crippen LogP) is 2.51. The van der Waals surface area contributed by atoms with Crippen molar-refractivity contribution in [3.05, 3.63) is 35.1 Å². The molecule has 2 bridgehead atoms. The minimum atomic E-state index is -0.148. The van der Waals surface area contributed by atoms with Crippen LogP contribution in [-0.2, 0) is 0 Å². The summed E-state index contributed by atoms with van der Waals surface area (Å²) in [6, 6.07) is 6.50. The maximum atomic E-state index is 14.1. The van der Waals surface area contributed by atoms with E-state index in [1.165, 1.54) is 12.8 Å². The average molecular weight is 277 g/mol. The number of rotatable bonds is 3. The van der Waals surface area contributed by atoms with E-state index in [2.05, 4.69) is 17.4 Å². The van der Waals surface area contributed by atoms with Crippen molar-refractivity contribution >= 4 is 0 Å². The molecule has 1 aromatic carbocycles. The fourth-order valence-corrected chi connectivity index (χ4v) is 4.11. The first-order chi connectivity index (χ1) is 9.60. The normalized spacial score (nSPS) is 31.5. The number of aryl methyl sites for hydroxylation is 1. The molecule has 3 N–H and O–H groups in total. The van der Waals surface area contributed by atoms with E-state index < -0.39 is 0 Å². The van der Waals surface area contributed by atoms with Crippen molar-refractivity contribution in [2.75, 3.05) is 7.05 Å². The van der Waals surface area contributed by atoms with E-state index in [4.69, 9.17) is 5.84 Å². The summed E-state index contributed by atoms with van der Waals surface area (Å²) in [5.41, 5.74) is 4.69. The number of hydrogen-bond acceptors (Lipinski definition) is 3. The number of halogens is 1. The van der Waals surface area contributed by atoms with Crippen molar-refractivity contribution in [2.45, 2.75) is 50.7 Å². The van der Waals surface area contributed by atoms with Crippen molar-refractivity contribution in [1.29, 1.82) is 0 Å². The topological polar surface area (TPSA) is 41.3 Å². The molecule has 0 radical (unpaired) electrons. The Morgan fingerprint density at radius 3 is 2.55 bits per heavy atom. The van der Waals surface area contributed by atoms with Crippen LogP contribution in [0.3, 0.4) is 0 Å². The minimum Gasteiger partial charge on any atom is -0.300 e. The van der Waals surface area contributed by atoms with Crippen LogP contribution >= 0.6 is 0 Å². The Kier molecular flexibility index (Phi) is 3.80. The molecule has 2 fully saturated rings. The fourth-order valence-electron chi connectivity index (χ4n) is 4.11. The molecule has 0 aliphatic carbocycles. The summed E-state index contributed by atoms with van der Waals surface area (Å²) in [6.07, 6.45) is 4.75. The van der Waals surface area contributed by atoms with Gasteiger partial charge in [0.15, 0.2) is 0 Å². The first kappa shape index (κ1) is 14.0. The molecule has 0 spiro atoms. The number of nitrogens with one attached hydrogen (secondary N) is 1. The summed E-state index contributed by atoms with van der Waals surface area (Å²) in [4.78, 5) is 2.50. The second kappa shape index (κ2) is 5.43. The standard InChI is InChI=1S/C16H24FN3/c1-10-3-6-15(17)14(7-10)16(19-18)11-8-12-4-5-13(9-11)20(12)2/h3,6-7,11-13,16,19H,4-5,8-9,18H2,1-2H3. The van der Waals surface area contributed by atoms with Gasteiger partial charge in [-0.05, 0) is 51.6 Å². The highest BCUT2D eigenvalue weighted by molar-refractivity contribution is 5.27. The zero-order valence-electron chi connectivity index (χ0n) is 12.3. The van der Waals surface area contributed by atoms with E-state index in [1.54, 1.807) is 6.07 Å². The molecule has 3 unspecified atom stereocenters. The zero-order chi connectivity index (χ0) is 14.3. The highest BCUT2D eigenvalue weighted by Crippen LogP contribution is 2.42. The first-order valence-electron chi connectivity index (χ1n) is 7.54. The summed E-state index contributed by atoms with van der Waals surface area (Å²) in [6.45, 7) is 1.99. The third-order valence-electron chi connectivity index (χ3n) is 5.27. The first-order valence-corrected chi connectivity index (χ1v) is 7.54. The van der Waals surface area contributed by atoms with Crippen molar-refractivity contribution in [1.82, 2.24) is 10.3 Å². The van der Waals surface area contributed by atoms with Gasteiger partial charge in [0.05, 0.1) is 6.04 Å². The average Bonchev–Trinajstić information content (AvgIpc) is 2.66. The van der Waals surface area contributed by atoms with Crippen LogP contribution in [0.2, 0.25) is 0 Å². The Labute approximate surface area is 120 Å². The van der Waals surface area contributed by atoms with Crippen molar-refractivity contribution in [3.8, 4) is 0 Å². The summed E-state index contributed by atoms with van der Waals surface area (Å²) in [5, 5.41) is 0. The highest BCUT2D eigenvalue weighted by Gasteiger charge is 2.41. The largest absolute Gasteiger partial charge is 0.300 e. The van der Waals surface area contributed by atoms with Gasteiger partial charge in [0, 0.05) is 17.6 Å². The van der Waals surface area contributed by atoms with Gasteiger partial charge in [-0.3, -0.25) is 11.3 Å². The van der Waals surface area contributed by atoms with Crippen LogP contribution in [0, 0.1) is 18.7 Å². The van der Waals surface area contributed by atoms with Gasteiger partial charge >= 0.3 is 0 Å². The lowest BCUT2D eigenvalue weighted by Crippen LogP contribution is -2.45. The molecule has 0 saturated carbocycles. The van der Waals surface area contributed by atoms with Crippen molar-refractivity contribution in [2.24, 2.45) is 11.8 Å². The smallest absolute Gasteiger partial charge is 0.128 e. The number of piperidine rings is 1. The van der Waals surface area contributed by atoms with Crippen molar-refractivity contribution in [3.63, 3.8) is 0 Å². The van der Waals surface area contributed by atoms with Crippen LogP contribution < -0.4 is 11.3 Å². The molecular weight excluding hydrogens is 253 g/mol. The van der Waals surface area contributed by atoms with Crippen LogP contribution in [0.1, 0.15) is 42.9 Å². The van der Waals surface area contributed by atoms with Crippen LogP contribution in [-0.4, -0.2) is 24.0 Å². The summed E-state index contributed by atoms with van der Waals surface area (Å²) >= 11 is 0. The number of benzene rings is 1. The molecule has 0 aromatic heterocycles. The van der Waals surface area contributed by atoms with E-state index in [0.29, 0.717) is 18.0 Å². The number of hydrazine groups is 1. The number of hydrogen-bond donors (Lipinski definition) is 2. The molecular formula is C16H24FN3. The molecule has 2 saturated heterocycles. The Hall–Kier alpha value is -0.970. The molecule has 1 aromatic rings. The van der Waals surface area contributed by atoms with Gasteiger partial charge < -0.3 is 4.90 Å². The Bertz CT molecular complexity index is 477. The van der Waals surface area contributed by atoms with Gasteiger partial charge in [0.1, 0.15) is 5.82 Å². The maximum absolute atomic E-state index is 14.1. The summed E-state index contributed by atoms with van der Waals surface area (Å²) in [7, 11) is 2.22. The van der Waals surface area contributed by atoms with Gasteiger partial charge in [0.2, 0.25) is 0 Å². The molecule has 0 amide bonds. The van der Waals surface area contributed by atoms with Crippen LogP contribution in [0.15, 0.2) is 18.2 Å². The van der Waals surface area contributed by atoms with E-state index in [1.807, 2.05) is 19.1 Å². The lowest BCUT2D eigenvalue weighted by atomic mass is 9.82. The SMILES string of the molecule is Cc1ccc(F)c(C(NN)C2CC3CCC(C2)N3C)c1. The lowest BCUT2D eigenvalue weighted by Gasteiger charge is -2.39. The van der Waals surface area contributed by atoms with Crippen molar-refractivity contribution < 1.29 is 4.39 Å². The molecule has 2 heterocycles. The Balaban J connectivity index is 1.85. The van der Waals surface area contributed by atoms with E-state index in [0.717, 1.165) is 24.0 Å². The minimum absolute atomic E-state index is 0.0771. The second-order valence-corrected chi connectivity index (χ2v) is 6.45. The van der Waals surface area contributed by atoms with Gasteiger partial charge in [-0.1, -0.05) is 17.7 Å². The highest BCUT2D eigenvalue weighted by atomic mass is 19.1. The molecule has 2 aliphatic rings.